The second-order valence-electron chi connectivity index (χ2n) is 3.03. The number of nitrogens with zero attached hydrogens (tertiary/aromatic N) is 3. The van der Waals surface area contributed by atoms with Crippen molar-refractivity contribution in [2.24, 2.45) is 0 Å². The van der Waals surface area contributed by atoms with Crippen molar-refractivity contribution < 1.29 is 0 Å². The van der Waals surface area contributed by atoms with Crippen molar-refractivity contribution in [1.29, 1.82) is 0 Å². The van der Waals surface area contributed by atoms with Crippen LogP contribution < -0.4 is 5.32 Å². The summed E-state index contributed by atoms with van der Waals surface area (Å²) >= 11 is 0. The minimum atomic E-state index is 0. The lowest BCUT2D eigenvalue weighted by atomic mass is 10.1. The van der Waals surface area contributed by atoms with Crippen LogP contribution in [0.3, 0.4) is 0 Å². The maximum Gasteiger partial charge on any atom is 0.164 e. The van der Waals surface area contributed by atoms with E-state index in [-0.39, 0.29) is 12.4 Å². The van der Waals surface area contributed by atoms with Crippen LogP contribution in [-0.4, -0.2) is 14.8 Å². The fourth-order valence-electron chi connectivity index (χ4n) is 1.55. The lowest BCUT2D eigenvalue weighted by Crippen LogP contribution is -1.91. The fourth-order valence-corrected chi connectivity index (χ4v) is 1.55. The second-order valence-corrected chi connectivity index (χ2v) is 3.03. The maximum absolute atomic E-state index is 4.22. The van der Waals surface area contributed by atoms with Crippen molar-refractivity contribution >= 4 is 24.3 Å². The lowest BCUT2D eigenvalue weighted by molar-refractivity contribution is 0.943. The molecule has 0 saturated carbocycles. The molecule has 5 heteroatoms. The summed E-state index contributed by atoms with van der Waals surface area (Å²) in [5.41, 5.74) is 2.12. The number of nitrogens with one attached hydrogen (secondary N) is 1. The predicted octanol–water partition coefficient (Wildman–Crippen LogP) is 2.22. The smallest absolute Gasteiger partial charge is 0.164 e. The minimum absolute atomic E-state index is 0. The monoisotopic (exact) mass is 220 g/mol. The Morgan fingerprint density at radius 2 is 2.07 bits per heavy atom. The van der Waals surface area contributed by atoms with Gasteiger partial charge in [0.25, 0.3) is 0 Å². The molecule has 0 radical (unpaired) electrons. The van der Waals surface area contributed by atoms with Crippen LogP contribution in [0.15, 0.2) is 36.8 Å². The number of para-hydroxylation sites is 1. The molecule has 2 heterocycles. The third-order valence-electron chi connectivity index (χ3n) is 2.20. The molecule has 0 amide bonds. The van der Waals surface area contributed by atoms with Gasteiger partial charge in [-0.15, -0.1) is 12.4 Å². The fraction of sp³-hybridized carbons (Fsp3) is 0. The van der Waals surface area contributed by atoms with Crippen LogP contribution in [0.5, 0.6) is 0 Å². The molecule has 2 aromatic rings. The van der Waals surface area contributed by atoms with Gasteiger partial charge < -0.3 is 5.32 Å². The molecule has 1 aliphatic heterocycles. The number of anilines is 1. The first-order valence-electron chi connectivity index (χ1n) is 4.37. The van der Waals surface area contributed by atoms with Gasteiger partial charge in [-0.3, -0.25) is 0 Å². The van der Waals surface area contributed by atoms with E-state index in [4.69, 9.17) is 0 Å². The topological polar surface area (TPSA) is 42.7 Å². The van der Waals surface area contributed by atoms with Crippen LogP contribution in [0.1, 0.15) is 0 Å². The first-order valence-corrected chi connectivity index (χ1v) is 4.37. The molecule has 1 aliphatic rings. The Labute approximate surface area is 93.1 Å². The summed E-state index contributed by atoms with van der Waals surface area (Å²) in [4.78, 5) is 4.22. The highest BCUT2D eigenvalue weighted by atomic mass is 35.5. The standard InChI is InChI=1S/C10H8N4.ClH/c1-2-4-9-8(3-1)10-12-7-13-14(10)6-5-11-9;/h1-7,11H;1H. The Bertz CT molecular complexity index is 504. The lowest BCUT2D eigenvalue weighted by Gasteiger charge is -2.03. The van der Waals surface area contributed by atoms with Gasteiger partial charge in [0.15, 0.2) is 5.82 Å². The van der Waals surface area contributed by atoms with E-state index in [0.29, 0.717) is 0 Å². The third-order valence-corrected chi connectivity index (χ3v) is 2.20. The molecular formula is C10H9ClN4. The molecule has 0 atom stereocenters. The Hall–Kier alpha value is -1.81. The van der Waals surface area contributed by atoms with E-state index >= 15 is 0 Å². The molecule has 0 unspecified atom stereocenters. The van der Waals surface area contributed by atoms with Crippen LogP contribution >= 0.6 is 12.4 Å². The van der Waals surface area contributed by atoms with Crippen LogP contribution in [0.2, 0.25) is 0 Å². The molecule has 1 N–H and O–H groups in total. The van der Waals surface area contributed by atoms with Crippen molar-refractivity contribution in [3.63, 3.8) is 0 Å². The molecule has 3 rings (SSSR count). The quantitative estimate of drug-likeness (QED) is 0.740. The maximum atomic E-state index is 4.22. The molecule has 0 bridgehead atoms. The normalized spacial score (nSPS) is 11.7. The summed E-state index contributed by atoms with van der Waals surface area (Å²) in [6.45, 7) is 0. The predicted molar refractivity (Wildman–Crippen MR) is 61.7 cm³/mol. The average Bonchev–Trinajstić information content (AvgIpc) is 2.61. The Kier molecular flexibility index (Phi) is 2.43. The van der Waals surface area contributed by atoms with Crippen molar-refractivity contribution in [2.75, 3.05) is 5.32 Å². The highest BCUT2D eigenvalue weighted by Crippen LogP contribution is 2.27. The molecule has 0 spiro atoms. The summed E-state index contributed by atoms with van der Waals surface area (Å²) in [7, 11) is 0. The SMILES string of the molecule is C1=Cn2ncnc2-c2ccccc2N1.Cl. The second kappa shape index (κ2) is 3.74. The first kappa shape index (κ1) is 9.73. The number of halogens is 1. The van der Waals surface area contributed by atoms with E-state index in [1.54, 1.807) is 11.0 Å². The molecule has 0 aliphatic carbocycles. The van der Waals surface area contributed by atoms with E-state index in [9.17, 15) is 0 Å². The van der Waals surface area contributed by atoms with Crippen LogP contribution in [0.4, 0.5) is 5.69 Å². The van der Waals surface area contributed by atoms with E-state index in [2.05, 4.69) is 15.4 Å². The highest BCUT2D eigenvalue weighted by Gasteiger charge is 2.11. The zero-order valence-corrected chi connectivity index (χ0v) is 8.61. The number of benzene rings is 1. The number of hydrogen-bond acceptors (Lipinski definition) is 3. The first-order chi connectivity index (χ1) is 6.95. The number of hydrogen-bond donors (Lipinski definition) is 1. The van der Waals surface area contributed by atoms with Crippen molar-refractivity contribution in [2.45, 2.75) is 0 Å². The summed E-state index contributed by atoms with van der Waals surface area (Å²) in [6.07, 6.45) is 5.26. The van der Waals surface area contributed by atoms with E-state index in [1.807, 2.05) is 36.7 Å². The molecule has 1 aromatic heterocycles. The number of rotatable bonds is 0. The Morgan fingerprint density at radius 3 is 3.00 bits per heavy atom. The van der Waals surface area contributed by atoms with Gasteiger partial charge in [-0.2, -0.15) is 5.10 Å². The van der Waals surface area contributed by atoms with Gasteiger partial charge in [-0.25, -0.2) is 9.67 Å². The van der Waals surface area contributed by atoms with Crippen molar-refractivity contribution in [3.8, 4) is 11.4 Å². The Morgan fingerprint density at radius 1 is 1.20 bits per heavy atom. The molecule has 0 fully saturated rings. The van der Waals surface area contributed by atoms with Gasteiger partial charge in [0.05, 0.1) is 0 Å². The van der Waals surface area contributed by atoms with Gasteiger partial charge in [0.1, 0.15) is 6.33 Å². The molecule has 15 heavy (non-hydrogen) atoms. The van der Waals surface area contributed by atoms with Crippen LogP contribution in [0.25, 0.3) is 17.6 Å². The van der Waals surface area contributed by atoms with Gasteiger partial charge in [0, 0.05) is 23.7 Å². The summed E-state index contributed by atoms with van der Waals surface area (Å²) in [5.74, 6) is 0.863. The minimum Gasteiger partial charge on any atom is -0.360 e. The highest BCUT2D eigenvalue weighted by molar-refractivity contribution is 5.85. The third kappa shape index (κ3) is 1.49. The average molecular weight is 221 g/mol. The van der Waals surface area contributed by atoms with Gasteiger partial charge in [0.2, 0.25) is 0 Å². The van der Waals surface area contributed by atoms with E-state index in [0.717, 1.165) is 17.1 Å². The number of fused-ring (bicyclic) bond motifs is 3. The largest absolute Gasteiger partial charge is 0.360 e. The molecular weight excluding hydrogens is 212 g/mol. The van der Waals surface area contributed by atoms with Gasteiger partial charge in [-0.1, -0.05) is 12.1 Å². The van der Waals surface area contributed by atoms with E-state index < -0.39 is 0 Å². The van der Waals surface area contributed by atoms with Crippen molar-refractivity contribution in [1.82, 2.24) is 14.8 Å². The summed E-state index contributed by atoms with van der Waals surface area (Å²) < 4.78 is 1.75. The zero-order chi connectivity index (χ0) is 9.38. The molecule has 1 aromatic carbocycles. The summed E-state index contributed by atoms with van der Waals surface area (Å²) in [6, 6.07) is 8.02. The summed E-state index contributed by atoms with van der Waals surface area (Å²) in [5, 5.41) is 7.27. The molecule has 0 saturated heterocycles. The van der Waals surface area contributed by atoms with Gasteiger partial charge in [-0.05, 0) is 12.1 Å². The zero-order valence-electron chi connectivity index (χ0n) is 7.79. The van der Waals surface area contributed by atoms with Crippen molar-refractivity contribution in [3.05, 3.63) is 36.8 Å². The van der Waals surface area contributed by atoms with E-state index in [1.165, 1.54) is 0 Å². The molecule has 4 nitrogen and oxygen atoms in total. The van der Waals surface area contributed by atoms with Crippen LogP contribution in [-0.2, 0) is 0 Å². The van der Waals surface area contributed by atoms with Gasteiger partial charge >= 0.3 is 0 Å². The molecule has 76 valence electrons. The Balaban J connectivity index is 0.000000853. The van der Waals surface area contributed by atoms with Crippen LogP contribution in [0, 0.1) is 0 Å². The number of aromatic nitrogens is 3.